The minimum Gasteiger partial charge on any atom is -0.294 e. The van der Waals surface area contributed by atoms with Gasteiger partial charge in [-0.15, -0.1) is 0 Å². The molecule has 1 aliphatic heterocycles. The molecule has 0 saturated carbocycles. The van der Waals surface area contributed by atoms with Crippen molar-refractivity contribution in [2.75, 3.05) is 0 Å². The Kier molecular flexibility index (Phi) is 5.64. The Balaban J connectivity index is 1.60. The Morgan fingerprint density at radius 2 is 1.46 bits per heavy atom. The Morgan fingerprint density at radius 1 is 0.857 bits per heavy atom. The van der Waals surface area contributed by atoms with Gasteiger partial charge in [0.1, 0.15) is 6.04 Å². The van der Waals surface area contributed by atoms with Crippen LogP contribution in [0.4, 0.5) is 0 Å². The summed E-state index contributed by atoms with van der Waals surface area (Å²) < 4.78 is 0. The Hall–Kier alpha value is -3.18. The monoisotopic (exact) mass is 385 g/mol. The fourth-order valence-electron chi connectivity index (χ4n) is 2.99. The maximum absolute atomic E-state index is 12.8. The summed E-state index contributed by atoms with van der Waals surface area (Å²) in [6, 6.07) is 28.9. The highest BCUT2D eigenvalue weighted by atomic mass is 32.2. The number of carbonyl (C=O) groups is 1. The van der Waals surface area contributed by atoms with Crippen LogP contribution in [0.2, 0.25) is 0 Å². The molecule has 1 heterocycles. The SMILES string of the molecule is O=C(CC1N=C(Sc2ccccc2)NN=C1c1ccccc1)c1ccccc1. The van der Waals surface area contributed by atoms with Gasteiger partial charge in [0.25, 0.3) is 0 Å². The number of hydrazone groups is 1. The van der Waals surface area contributed by atoms with E-state index in [2.05, 4.69) is 10.5 Å². The van der Waals surface area contributed by atoms with Crippen molar-refractivity contribution in [3.05, 3.63) is 102 Å². The van der Waals surface area contributed by atoms with E-state index in [1.807, 2.05) is 91.0 Å². The quantitative estimate of drug-likeness (QED) is 0.643. The van der Waals surface area contributed by atoms with Crippen molar-refractivity contribution in [3.63, 3.8) is 0 Å². The number of amidine groups is 1. The van der Waals surface area contributed by atoms with Crippen molar-refractivity contribution >= 4 is 28.4 Å². The number of nitrogens with one attached hydrogen (secondary N) is 1. The van der Waals surface area contributed by atoms with Gasteiger partial charge in [0.05, 0.1) is 5.71 Å². The number of rotatable bonds is 5. The summed E-state index contributed by atoms with van der Waals surface area (Å²) >= 11 is 1.51. The first-order valence-corrected chi connectivity index (χ1v) is 9.89. The van der Waals surface area contributed by atoms with Crippen molar-refractivity contribution in [2.24, 2.45) is 10.1 Å². The van der Waals surface area contributed by atoms with E-state index in [0.717, 1.165) is 16.2 Å². The van der Waals surface area contributed by atoms with Crippen molar-refractivity contribution < 1.29 is 4.79 Å². The van der Waals surface area contributed by atoms with Crippen molar-refractivity contribution in [2.45, 2.75) is 17.4 Å². The van der Waals surface area contributed by atoms with Gasteiger partial charge in [0.15, 0.2) is 11.0 Å². The topological polar surface area (TPSA) is 53.8 Å². The van der Waals surface area contributed by atoms with E-state index < -0.39 is 0 Å². The van der Waals surface area contributed by atoms with Gasteiger partial charge in [-0.1, -0.05) is 90.6 Å². The molecule has 0 saturated heterocycles. The number of aliphatic imine (C=N–C) groups is 1. The highest BCUT2D eigenvalue weighted by molar-refractivity contribution is 8.13. The van der Waals surface area contributed by atoms with Crippen LogP contribution in [0.3, 0.4) is 0 Å². The van der Waals surface area contributed by atoms with E-state index >= 15 is 0 Å². The summed E-state index contributed by atoms with van der Waals surface area (Å²) in [5, 5.41) is 5.26. The second kappa shape index (κ2) is 8.67. The van der Waals surface area contributed by atoms with Crippen molar-refractivity contribution in [1.82, 2.24) is 5.43 Å². The molecule has 1 unspecified atom stereocenters. The zero-order valence-corrected chi connectivity index (χ0v) is 16.0. The zero-order chi connectivity index (χ0) is 19.2. The average Bonchev–Trinajstić information content (AvgIpc) is 2.76. The maximum atomic E-state index is 12.8. The van der Waals surface area contributed by atoms with Crippen LogP contribution in [0.1, 0.15) is 22.3 Å². The first-order valence-electron chi connectivity index (χ1n) is 9.07. The number of carbonyl (C=O) groups excluding carboxylic acids is 1. The third-order valence-electron chi connectivity index (χ3n) is 4.36. The molecule has 28 heavy (non-hydrogen) atoms. The number of benzene rings is 3. The summed E-state index contributed by atoms with van der Waals surface area (Å²) in [5.74, 6) is 0.0592. The molecular weight excluding hydrogens is 366 g/mol. The highest BCUT2D eigenvalue weighted by Crippen LogP contribution is 2.23. The summed E-state index contributed by atoms with van der Waals surface area (Å²) in [6.07, 6.45) is 0.276. The molecule has 5 heteroatoms. The molecule has 0 radical (unpaired) electrons. The van der Waals surface area contributed by atoms with Crippen molar-refractivity contribution in [1.29, 1.82) is 0 Å². The Bertz CT molecular complexity index is 1000. The summed E-state index contributed by atoms with van der Waals surface area (Å²) in [4.78, 5) is 18.7. The maximum Gasteiger partial charge on any atom is 0.182 e. The molecule has 0 spiro atoms. The molecule has 138 valence electrons. The third-order valence-corrected chi connectivity index (χ3v) is 5.26. The van der Waals surface area contributed by atoms with Crippen molar-refractivity contribution in [3.8, 4) is 0 Å². The Labute approximate surface area is 168 Å². The van der Waals surface area contributed by atoms with Crippen LogP contribution in [-0.4, -0.2) is 22.7 Å². The van der Waals surface area contributed by atoms with E-state index in [4.69, 9.17) is 4.99 Å². The average molecular weight is 385 g/mol. The second-order valence-corrected chi connectivity index (χ2v) is 7.40. The summed E-state index contributed by atoms with van der Waals surface area (Å²) in [6.45, 7) is 0. The molecule has 4 nitrogen and oxygen atoms in total. The van der Waals surface area contributed by atoms with Crippen LogP contribution in [0.5, 0.6) is 0 Å². The molecule has 0 aromatic heterocycles. The number of thioether (sulfide) groups is 1. The van der Waals surface area contributed by atoms with Crippen LogP contribution in [-0.2, 0) is 0 Å². The smallest absolute Gasteiger partial charge is 0.182 e. The van der Waals surface area contributed by atoms with Crippen LogP contribution >= 0.6 is 11.8 Å². The predicted octanol–water partition coefficient (Wildman–Crippen LogP) is 4.78. The van der Waals surface area contributed by atoms with E-state index in [-0.39, 0.29) is 18.2 Å². The minimum atomic E-state index is -0.331. The number of ketones is 1. The molecule has 3 aromatic rings. The molecule has 0 aliphatic carbocycles. The molecular formula is C23H19N3OS. The molecule has 0 bridgehead atoms. The summed E-state index contributed by atoms with van der Waals surface area (Å²) in [7, 11) is 0. The van der Waals surface area contributed by atoms with Gasteiger partial charge >= 0.3 is 0 Å². The lowest BCUT2D eigenvalue weighted by Crippen LogP contribution is -2.34. The van der Waals surface area contributed by atoms with E-state index in [0.29, 0.717) is 10.7 Å². The lowest BCUT2D eigenvalue weighted by atomic mass is 9.96. The van der Waals surface area contributed by atoms with Crippen LogP contribution in [0.25, 0.3) is 0 Å². The van der Waals surface area contributed by atoms with E-state index in [1.54, 1.807) is 0 Å². The molecule has 1 aliphatic rings. The number of hydrogen-bond donors (Lipinski definition) is 1. The largest absolute Gasteiger partial charge is 0.294 e. The van der Waals surface area contributed by atoms with Crippen LogP contribution in [0.15, 0.2) is 106 Å². The van der Waals surface area contributed by atoms with Gasteiger partial charge < -0.3 is 0 Å². The fraction of sp³-hybridized carbons (Fsp3) is 0.0870. The van der Waals surface area contributed by atoms with E-state index in [1.165, 1.54) is 11.8 Å². The number of hydrogen-bond acceptors (Lipinski definition) is 5. The number of Topliss-reactive ketones (excluding diaryl/α,β-unsaturated/α-hetero) is 1. The Morgan fingerprint density at radius 3 is 2.14 bits per heavy atom. The lowest BCUT2D eigenvalue weighted by Gasteiger charge is -2.21. The van der Waals surface area contributed by atoms with Gasteiger partial charge in [0.2, 0.25) is 0 Å². The molecule has 3 aromatic carbocycles. The zero-order valence-electron chi connectivity index (χ0n) is 15.2. The van der Waals surface area contributed by atoms with Gasteiger partial charge in [-0.05, 0) is 17.7 Å². The van der Waals surface area contributed by atoms with Gasteiger partial charge in [-0.2, -0.15) is 5.10 Å². The molecule has 1 atom stereocenters. The van der Waals surface area contributed by atoms with E-state index in [9.17, 15) is 4.79 Å². The minimum absolute atomic E-state index is 0.0592. The second-order valence-electron chi connectivity index (χ2n) is 6.33. The summed E-state index contributed by atoms with van der Waals surface area (Å²) in [5.41, 5.74) is 5.49. The highest BCUT2D eigenvalue weighted by Gasteiger charge is 2.25. The molecule has 4 rings (SSSR count). The first-order chi connectivity index (χ1) is 13.8. The van der Waals surface area contributed by atoms with Crippen LogP contribution < -0.4 is 5.43 Å². The predicted molar refractivity (Wildman–Crippen MR) is 115 cm³/mol. The van der Waals surface area contributed by atoms with Gasteiger partial charge in [-0.25, -0.2) is 0 Å². The molecule has 0 fully saturated rings. The molecule has 1 N–H and O–H groups in total. The third kappa shape index (κ3) is 4.38. The standard InChI is InChI=1S/C23H19N3OS/c27-21(17-10-4-1-5-11-17)16-20-22(18-12-6-2-7-13-18)25-26-23(24-20)28-19-14-8-3-9-15-19/h1-15,20H,16H2,(H,24,26). The normalized spacial score (nSPS) is 15.9. The fourth-order valence-corrected chi connectivity index (χ4v) is 3.78. The molecule has 0 amide bonds. The van der Waals surface area contributed by atoms with Gasteiger partial charge in [0, 0.05) is 16.9 Å². The number of nitrogens with zero attached hydrogens (tertiary/aromatic N) is 2. The lowest BCUT2D eigenvalue weighted by molar-refractivity contribution is 0.0981. The first kappa shape index (κ1) is 18.2. The van der Waals surface area contributed by atoms with Crippen LogP contribution in [0, 0.1) is 0 Å². The van der Waals surface area contributed by atoms with Gasteiger partial charge in [-0.3, -0.25) is 15.2 Å².